The highest BCUT2D eigenvalue weighted by molar-refractivity contribution is 7.10. The number of hydrogen-bond donors (Lipinski definition) is 3. The fraction of sp³-hybridized carbons (Fsp3) is 0.235. The quantitative estimate of drug-likeness (QED) is 0.649. The lowest BCUT2D eigenvalue weighted by Crippen LogP contribution is -2.26. The number of fused-ring (bicyclic) bond motifs is 1. The predicted molar refractivity (Wildman–Crippen MR) is 95.8 cm³/mol. The van der Waals surface area contributed by atoms with E-state index in [0.29, 0.717) is 27.9 Å². The molecule has 25 heavy (non-hydrogen) atoms. The lowest BCUT2D eigenvalue weighted by molar-refractivity contribution is 0.0950. The number of rotatable bonds is 5. The number of halogens is 1. The van der Waals surface area contributed by atoms with Crippen molar-refractivity contribution < 1.29 is 14.3 Å². The molecule has 4 N–H and O–H groups in total. The van der Waals surface area contributed by atoms with Gasteiger partial charge < -0.3 is 16.2 Å². The first kappa shape index (κ1) is 17.2. The number of nitrogen functional groups attached to an aromatic ring is 1. The van der Waals surface area contributed by atoms with Crippen molar-refractivity contribution in [2.45, 2.75) is 20.0 Å². The Morgan fingerprint density at radius 2 is 2.16 bits per heavy atom. The van der Waals surface area contributed by atoms with E-state index in [4.69, 9.17) is 5.73 Å². The van der Waals surface area contributed by atoms with E-state index in [1.54, 1.807) is 5.51 Å². The maximum atomic E-state index is 14.5. The van der Waals surface area contributed by atoms with Gasteiger partial charge in [0.05, 0.1) is 28.4 Å². The summed E-state index contributed by atoms with van der Waals surface area (Å²) in [4.78, 5) is 21.0. The van der Waals surface area contributed by atoms with Gasteiger partial charge in [-0.2, -0.15) is 0 Å². The first-order valence-corrected chi connectivity index (χ1v) is 8.64. The van der Waals surface area contributed by atoms with E-state index >= 15 is 0 Å². The molecule has 6 nitrogen and oxygen atoms in total. The number of amides is 1. The van der Waals surface area contributed by atoms with E-state index in [0.717, 1.165) is 6.42 Å². The van der Waals surface area contributed by atoms with Gasteiger partial charge in [0.2, 0.25) is 0 Å². The summed E-state index contributed by atoms with van der Waals surface area (Å²) >= 11 is 1.24. The van der Waals surface area contributed by atoms with Crippen molar-refractivity contribution in [1.29, 1.82) is 0 Å². The Morgan fingerprint density at radius 1 is 1.36 bits per heavy atom. The van der Waals surface area contributed by atoms with E-state index in [1.165, 1.54) is 29.7 Å². The van der Waals surface area contributed by atoms with Gasteiger partial charge in [0, 0.05) is 29.1 Å². The number of thiazole rings is 1. The second-order valence-electron chi connectivity index (χ2n) is 5.44. The normalized spacial score (nSPS) is 11.0. The summed E-state index contributed by atoms with van der Waals surface area (Å²) in [5.41, 5.74) is 8.55. The van der Waals surface area contributed by atoms with E-state index < -0.39 is 5.82 Å². The van der Waals surface area contributed by atoms with Gasteiger partial charge in [0.25, 0.3) is 5.91 Å². The van der Waals surface area contributed by atoms with E-state index in [2.05, 4.69) is 15.3 Å². The molecule has 8 heteroatoms. The van der Waals surface area contributed by atoms with Crippen molar-refractivity contribution in [2.24, 2.45) is 0 Å². The Kier molecular flexibility index (Phi) is 4.91. The Morgan fingerprint density at radius 3 is 2.88 bits per heavy atom. The zero-order chi connectivity index (χ0) is 18.0. The Labute approximate surface area is 147 Å². The zero-order valence-electron chi connectivity index (χ0n) is 13.5. The van der Waals surface area contributed by atoms with Crippen LogP contribution in [0.15, 0.2) is 23.8 Å². The molecule has 0 unspecified atom stereocenters. The molecular weight excluding hydrogens is 343 g/mol. The maximum absolute atomic E-state index is 14.5. The van der Waals surface area contributed by atoms with Gasteiger partial charge in [0.15, 0.2) is 5.69 Å². The number of aliphatic hydroxyl groups is 1. The Balaban J connectivity index is 2.19. The fourth-order valence-corrected chi connectivity index (χ4v) is 3.24. The van der Waals surface area contributed by atoms with Crippen LogP contribution >= 0.6 is 11.3 Å². The van der Waals surface area contributed by atoms with Gasteiger partial charge in [-0.05, 0) is 18.6 Å². The molecule has 3 rings (SSSR count). The van der Waals surface area contributed by atoms with Crippen LogP contribution in [0, 0.1) is 5.82 Å². The molecule has 2 heterocycles. The van der Waals surface area contributed by atoms with E-state index in [1.807, 2.05) is 6.92 Å². The summed E-state index contributed by atoms with van der Waals surface area (Å²) in [7, 11) is 0. The molecule has 0 aliphatic heterocycles. The summed E-state index contributed by atoms with van der Waals surface area (Å²) in [6, 6.07) is 2.80. The largest absolute Gasteiger partial charge is 0.396 e. The number of pyridine rings is 1. The number of benzene rings is 1. The SMILES string of the molecule is CCCNC(=O)c1ncc2c(-c3ncsc3CO)c(F)ccc2c1N. The van der Waals surface area contributed by atoms with Gasteiger partial charge in [0.1, 0.15) is 5.82 Å². The molecule has 0 bridgehead atoms. The van der Waals surface area contributed by atoms with E-state index in [-0.39, 0.29) is 29.5 Å². The molecule has 0 atom stereocenters. The average Bonchev–Trinajstić information content (AvgIpc) is 3.08. The van der Waals surface area contributed by atoms with Crippen molar-refractivity contribution in [3.05, 3.63) is 40.2 Å². The Bertz CT molecular complexity index is 942. The predicted octanol–water partition coefficient (Wildman–Crippen LogP) is 2.71. The number of aromatic nitrogens is 2. The minimum absolute atomic E-state index is 0.110. The number of nitrogens with one attached hydrogen (secondary N) is 1. The van der Waals surface area contributed by atoms with Gasteiger partial charge in [-0.25, -0.2) is 14.4 Å². The van der Waals surface area contributed by atoms with Crippen LogP contribution in [0.4, 0.5) is 10.1 Å². The smallest absolute Gasteiger partial charge is 0.272 e. The molecule has 0 spiro atoms. The summed E-state index contributed by atoms with van der Waals surface area (Å²) in [5, 5.41) is 13.1. The third-order valence-corrected chi connectivity index (χ3v) is 4.65. The molecule has 0 saturated carbocycles. The van der Waals surface area contributed by atoms with Crippen LogP contribution in [0.5, 0.6) is 0 Å². The summed E-state index contributed by atoms with van der Waals surface area (Å²) in [6.07, 6.45) is 2.22. The monoisotopic (exact) mass is 360 g/mol. The fourth-order valence-electron chi connectivity index (χ4n) is 2.62. The van der Waals surface area contributed by atoms with Crippen molar-refractivity contribution in [3.63, 3.8) is 0 Å². The van der Waals surface area contributed by atoms with Gasteiger partial charge in [-0.3, -0.25) is 4.79 Å². The topological polar surface area (TPSA) is 101 Å². The van der Waals surface area contributed by atoms with Crippen LogP contribution in [0.3, 0.4) is 0 Å². The number of carbonyl (C=O) groups excluding carboxylic acids is 1. The number of carbonyl (C=O) groups is 1. The highest BCUT2D eigenvalue weighted by atomic mass is 32.1. The average molecular weight is 360 g/mol. The summed E-state index contributed by atoms with van der Waals surface area (Å²) < 4.78 is 14.5. The van der Waals surface area contributed by atoms with Crippen LogP contribution in [0.2, 0.25) is 0 Å². The summed E-state index contributed by atoms with van der Waals surface area (Å²) in [5.74, 6) is -0.852. The van der Waals surface area contributed by atoms with Crippen LogP contribution in [-0.4, -0.2) is 27.5 Å². The molecule has 0 fully saturated rings. The van der Waals surface area contributed by atoms with Crippen LogP contribution in [0.1, 0.15) is 28.7 Å². The number of hydrogen-bond acceptors (Lipinski definition) is 6. The van der Waals surface area contributed by atoms with Crippen molar-refractivity contribution >= 4 is 33.7 Å². The first-order chi connectivity index (χ1) is 12.1. The van der Waals surface area contributed by atoms with Crippen LogP contribution in [0.25, 0.3) is 22.0 Å². The minimum atomic E-state index is -0.488. The standard InChI is InChI=1S/C17H17FN4O2S/c1-2-5-20-17(24)16-14(19)9-3-4-11(18)13(10(9)6-21-16)15-12(7-23)25-8-22-15/h3-4,6,8,23H,2,5,7,19H2,1H3,(H,20,24). The van der Waals surface area contributed by atoms with Gasteiger partial charge in [-0.15, -0.1) is 11.3 Å². The lowest BCUT2D eigenvalue weighted by Gasteiger charge is -2.12. The molecule has 2 aromatic heterocycles. The summed E-state index contributed by atoms with van der Waals surface area (Å²) in [6.45, 7) is 2.22. The molecule has 3 aromatic rings. The Hall–Kier alpha value is -2.58. The molecule has 1 amide bonds. The molecule has 1 aromatic carbocycles. The maximum Gasteiger partial charge on any atom is 0.272 e. The lowest BCUT2D eigenvalue weighted by atomic mass is 10.0. The highest BCUT2D eigenvalue weighted by Crippen LogP contribution is 2.36. The van der Waals surface area contributed by atoms with Crippen molar-refractivity contribution in [3.8, 4) is 11.3 Å². The number of anilines is 1. The molecule has 0 saturated heterocycles. The van der Waals surface area contributed by atoms with Crippen LogP contribution in [-0.2, 0) is 6.61 Å². The second kappa shape index (κ2) is 7.12. The minimum Gasteiger partial charge on any atom is -0.396 e. The molecular formula is C17H17FN4O2S. The van der Waals surface area contributed by atoms with Crippen molar-refractivity contribution in [2.75, 3.05) is 12.3 Å². The van der Waals surface area contributed by atoms with Gasteiger partial charge >= 0.3 is 0 Å². The first-order valence-electron chi connectivity index (χ1n) is 7.77. The second-order valence-corrected chi connectivity index (χ2v) is 6.38. The third kappa shape index (κ3) is 3.06. The third-order valence-electron chi connectivity index (χ3n) is 3.83. The number of nitrogens with zero attached hydrogens (tertiary/aromatic N) is 2. The number of nitrogens with two attached hydrogens (primary N) is 1. The van der Waals surface area contributed by atoms with E-state index in [9.17, 15) is 14.3 Å². The molecule has 0 aliphatic carbocycles. The van der Waals surface area contributed by atoms with Crippen LogP contribution < -0.4 is 11.1 Å². The molecule has 0 radical (unpaired) electrons. The zero-order valence-corrected chi connectivity index (χ0v) is 14.4. The highest BCUT2D eigenvalue weighted by Gasteiger charge is 2.20. The van der Waals surface area contributed by atoms with Crippen molar-refractivity contribution in [1.82, 2.24) is 15.3 Å². The number of aliphatic hydroxyl groups excluding tert-OH is 1. The molecule has 130 valence electrons. The molecule has 0 aliphatic rings. The van der Waals surface area contributed by atoms with Gasteiger partial charge in [-0.1, -0.05) is 6.92 Å².